The van der Waals surface area contributed by atoms with E-state index in [9.17, 15) is 9.59 Å². The molecule has 1 N–H and O–H groups in total. The Morgan fingerprint density at radius 1 is 0.513 bits per heavy atom. The molecule has 0 atom stereocenters. The van der Waals surface area contributed by atoms with Crippen molar-refractivity contribution in [3.05, 3.63) is 201 Å². The molecule has 0 unspecified atom stereocenters. The highest BCUT2D eigenvalue weighted by Gasteiger charge is 2.35. The number of benzene rings is 5. The Bertz CT molecular complexity index is 4250. The van der Waals surface area contributed by atoms with Crippen LogP contribution in [0.2, 0.25) is 0 Å². The first kappa shape index (κ1) is 49.2. The molecule has 2 saturated heterocycles. The Kier molecular flexibility index (Phi) is 12.5. The van der Waals surface area contributed by atoms with Crippen LogP contribution in [0.4, 0.5) is 13.2 Å². The van der Waals surface area contributed by atoms with Gasteiger partial charge in [0.15, 0.2) is 0 Å². The van der Waals surface area contributed by atoms with Gasteiger partial charge in [0.25, 0.3) is 11.1 Å². The van der Waals surface area contributed by atoms with Crippen molar-refractivity contribution in [1.29, 1.82) is 0 Å². The van der Waals surface area contributed by atoms with Gasteiger partial charge in [-0.3, -0.25) is 53.5 Å². The molecule has 0 amide bonds. The van der Waals surface area contributed by atoms with Gasteiger partial charge in [0.1, 0.15) is 0 Å². The third kappa shape index (κ3) is 9.29. The normalized spacial score (nSPS) is 15.4. The zero-order chi connectivity index (χ0) is 53.2. The number of likely N-dealkylation sites (N-methyl/N-ethyl adjacent to an activating group) is 1. The maximum Gasteiger partial charge on any atom is 0.416 e. The molecular weight excluding hydrogens is 988 g/mol. The van der Waals surface area contributed by atoms with Crippen molar-refractivity contribution in [1.82, 2.24) is 53.9 Å². The van der Waals surface area contributed by atoms with Gasteiger partial charge in [0, 0.05) is 158 Å². The molecular formula is C62H54F3N11O2. The van der Waals surface area contributed by atoms with Crippen molar-refractivity contribution in [3.8, 4) is 33.6 Å². The number of rotatable bonds is 10. The Labute approximate surface area is 446 Å². The highest BCUT2D eigenvalue weighted by Crippen LogP contribution is 2.37. The molecule has 13 rings (SSSR count). The van der Waals surface area contributed by atoms with Crippen LogP contribution in [-0.2, 0) is 25.8 Å². The second-order valence-electron chi connectivity index (χ2n) is 20.9. The van der Waals surface area contributed by atoms with E-state index >= 15 is 13.2 Å². The van der Waals surface area contributed by atoms with Crippen LogP contribution in [0.3, 0.4) is 0 Å². The van der Waals surface area contributed by atoms with Crippen LogP contribution in [0.15, 0.2) is 162 Å². The van der Waals surface area contributed by atoms with Crippen molar-refractivity contribution in [2.75, 3.05) is 59.4 Å². The van der Waals surface area contributed by atoms with Crippen molar-refractivity contribution >= 4 is 54.5 Å². The topological polar surface area (TPSA) is 124 Å². The monoisotopic (exact) mass is 1040 g/mol. The molecule has 0 spiro atoms. The largest absolute Gasteiger partial charge is 0.416 e. The molecule has 2 aliphatic rings. The van der Waals surface area contributed by atoms with E-state index < -0.39 is 17.3 Å². The van der Waals surface area contributed by atoms with E-state index in [4.69, 9.17) is 4.98 Å². The molecule has 2 aliphatic heterocycles. The molecule has 0 aliphatic carbocycles. The van der Waals surface area contributed by atoms with Gasteiger partial charge in [-0.2, -0.15) is 18.3 Å². The van der Waals surface area contributed by atoms with Gasteiger partial charge in [-0.1, -0.05) is 36.4 Å². The van der Waals surface area contributed by atoms with E-state index in [0.29, 0.717) is 54.5 Å². The quantitative estimate of drug-likeness (QED) is 0.132. The van der Waals surface area contributed by atoms with Gasteiger partial charge in [-0.15, -0.1) is 0 Å². The number of aromatic nitrogens is 7. The van der Waals surface area contributed by atoms with Crippen LogP contribution < -0.4 is 11.1 Å². The van der Waals surface area contributed by atoms with E-state index in [0.717, 1.165) is 111 Å². The predicted molar refractivity (Wildman–Crippen MR) is 301 cm³/mol. The van der Waals surface area contributed by atoms with E-state index in [1.165, 1.54) is 22.3 Å². The van der Waals surface area contributed by atoms with Crippen molar-refractivity contribution < 1.29 is 13.2 Å². The summed E-state index contributed by atoms with van der Waals surface area (Å²) in [5, 5.41) is 11.1. The van der Waals surface area contributed by atoms with Crippen LogP contribution in [-0.4, -0.2) is 113 Å². The number of pyridine rings is 5. The SMILES string of the molecule is Cc1cc(-n2c(=O)ccc3cnc4c(CN5CCN(Cc6ccc(-n7c(=O)ccc8cnc9ccc(-c%10cnc%11ccccc%11c%10)cc9c87)cc6C(F)(F)F)CC5)cc(-c5cn[nH]c5)cc4c32)ccc1CN1CCN(C)CC1. The number of piperazine rings is 2. The molecule has 0 radical (unpaired) electrons. The number of hydrogen-bond acceptors (Lipinski definition) is 10. The van der Waals surface area contributed by atoms with Crippen LogP contribution in [0, 0.1) is 6.92 Å². The predicted octanol–water partition coefficient (Wildman–Crippen LogP) is 10.4. The Balaban J connectivity index is 0.786. The number of nitrogens with one attached hydrogen (secondary N) is 1. The zero-order valence-electron chi connectivity index (χ0n) is 43.1. The fraction of sp³-hybridized carbons (Fsp3) is 0.226. The van der Waals surface area contributed by atoms with Gasteiger partial charge in [0.05, 0.1) is 39.3 Å². The molecule has 6 aromatic heterocycles. The number of aromatic amines is 1. The summed E-state index contributed by atoms with van der Waals surface area (Å²) in [6.07, 6.45) is 4.21. The Hall–Kier alpha value is -8.41. The lowest BCUT2D eigenvalue weighted by Crippen LogP contribution is -2.45. The number of hydrogen-bond donors (Lipinski definition) is 1. The third-order valence-corrected chi connectivity index (χ3v) is 15.9. The van der Waals surface area contributed by atoms with Crippen LogP contribution >= 0.6 is 0 Å². The fourth-order valence-electron chi connectivity index (χ4n) is 11.6. The second-order valence-corrected chi connectivity index (χ2v) is 20.9. The fourth-order valence-corrected chi connectivity index (χ4v) is 11.6. The van der Waals surface area contributed by atoms with Crippen molar-refractivity contribution in [2.45, 2.75) is 32.7 Å². The standard InChI is InChI=1S/C62H54F3N11O2/c1-39-25-50(12-7-44(39)36-72-19-17-71(2)18-20-72)75-57(77)16-11-43-32-68-59-48(27-46(29-53(59)61(43)75)49-34-69-70-35-49)38-74-23-21-73(22-24-74)37-45-8-13-51(30-54(45)62(63,64)65)76-58(78)15-10-42-31-67-56-14-9-40(28-52(56)60(42)76)47-26-41-5-3-4-6-55(41)66-33-47/h3-16,25-35H,17-24,36-38H2,1-2H3,(H,69,70). The minimum absolute atomic E-state index is 0.0731. The molecule has 13 nitrogen and oxygen atoms in total. The lowest BCUT2D eigenvalue weighted by molar-refractivity contribution is -0.138. The first-order valence-electron chi connectivity index (χ1n) is 26.3. The summed E-state index contributed by atoms with van der Waals surface area (Å²) >= 11 is 0. The number of para-hydroxylation sites is 1. The molecule has 2 fully saturated rings. The van der Waals surface area contributed by atoms with Gasteiger partial charge < -0.3 is 4.90 Å². The number of halogens is 3. The molecule has 78 heavy (non-hydrogen) atoms. The minimum Gasteiger partial charge on any atom is -0.304 e. The molecule has 390 valence electrons. The first-order chi connectivity index (χ1) is 37.9. The highest BCUT2D eigenvalue weighted by molar-refractivity contribution is 6.07. The summed E-state index contributed by atoms with van der Waals surface area (Å²) in [5.41, 5.74) is 9.93. The van der Waals surface area contributed by atoms with Gasteiger partial charge >= 0.3 is 6.18 Å². The summed E-state index contributed by atoms with van der Waals surface area (Å²) in [4.78, 5) is 51.5. The summed E-state index contributed by atoms with van der Waals surface area (Å²) in [6, 6.07) is 36.8. The maximum atomic E-state index is 15.3. The van der Waals surface area contributed by atoms with Crippen LogP contribution in [0.25, 0.3) is 88.1 Å². The summed E-state index contributed by atoms with van der Waals surface area (Å²) < 4.78 is 49.0. The van der Waals surface area contributed by atoms with E-state index in [-0.39, 0.29) is 23.4 Å². The first-order valence-corrected chi connectivity index (χ1v) is 26.3. The van der Waals surface area contributed by atoms with Crippen molar-refractivity contribution in [3.63, 3.8) is 0 Å². The number of alkyl halides is 3. The van der Waals surface area contributed by atoms with Gasteiger partial charge in [-0.25, -0.2) is 0 Å². The highest BCUT2D eigenvalue weighted by atomic mass is 19.4. The van der Waals surface area contributed by atoms with E-state index in [1.807, 2.05) is 73.1 Å². The Morgan fingerprint density at radius 3 is 1.82 bits per heavy atom. The molecule has 0 saturated carbocycles. The van der Waals surface area contributed by atoms with Gasteiger partial charge in [0.2, 0.25) is 0 Å². The lowest BCUT2D eigenvalue weighted by Gasteiger charge is -2.35. The molecule has 5 aromatic carbocycles. The number of fused-ring (bicyclic) bond motifs is 7. The summed E-state index contributed by atoms with van der Waals surface area (Å²) in [5.74, 6) is 0. The molecule has 0 bridgehead atoms. The van der Waals surface area contributed by atoms with Crippen molar-refractivity contribution in [2.24, 2.45) is 0 Å². The number of H-pyrrole nitrogens is 1. The average Bonchev–Trinajstić information content (AvgIpc) is 4.08. The minimum atomic E-state index is -4.70. The summed E-state index contributed by atoms with van der Waals surface area (Å²) in [6.45, 7) is 9.90. The zero-order valence-corrected chi connectivity index (χ0v) is 43.1. The molecule has 16 heteroatoms. The Morgan fingerprint density at radius 2 is 1.13 bits per heavy atom. The smallest absolute Gasteiger partial charge is 0.304 e. The number of aryl methyl sites for hydroxylation is 1. The number of nitrogens with zero attached hydrogens (tertiary/aromatic N) is 10. The third-order valence-electron chi connectivity index (χ3n) is 15.9. The average molecular weight is 1040 g/mol. The van der Waals surface area contributed by atoms with Crippen LogP contribution in [0.1, 0.15) is 27.8 Å². The molecule has 11 aromatic rings. The second kappa shape index (κ2) is 19.9. The van der Waals surface area contributed by atoms with E-state index in [1.54, 1.807) is 41.4 Å². The summed E-state index contributed by atoms with van der Waals surface area (Å²) in [7, 11) is 2.16. The molecule has 8 heterocycles. The van der Waals surface area contributed by atoms with Crippen LogP contribution in [0.5, 0.6) is 0 Å². The maximum absolute atomic E-state index is 15.3. The lowest BCUT2D eigenvalue weighted by atomic mass is 9.99. The van der Waals surface area contributed by atoms with E-state index in [2.05, 4.69) is 78.0 Å². The van der Waals surface area contributed by atoms with Gasteiger partial charge in [-0.05, 0) is 120 Å².